The Balaban J connectivity index is 3.01. The third kappa shape index (κ3) is 2.82. The van der Waals surface area contributed by atoms with Crippen LogP contribution in [0.2, 0.25) is 19.1 Å². The molecule has 0 atom stereocenters. The van der Waals surface area contributed by atoms with Gasteiger partial charge in [-0.2, -0.15) is 0 Å². The fraction of sp³-hybridized carbons (Fsp3) is 1.00. The van der Waals surface area contributed by atoms with Crippen LogP contribution < -0.4 is 0 Å². The van der Waals surface area contributed by atoms with E-state index in [0.717, 1.165) is 0 Å². The van der Waals surface area contributed by atoms with E-state index in [1.54, 1.807) is 28.4 Å². The molecule has 0 spiro atoms. The maximum atomic E-state index is 6.05. The number of hydrogen-bond acceptors (Lipinski definition) is 5. The van der Waals surface area contributed by atoms with Gasteiger partial charge >= 0.3 is 8.08 Å². The molecule has 96 valence electrons. The molecular formula is C8H22O5Si3. The van der Waals surface area contributed by atoms with Crippen LogP contribution in [0.5, 0.6) is 0 Å². The van der Waals surface area contributed by atoms with Crippen LogP contribution in [0.25, 0.3) is 0 Å². The minimum atomic E-state index is -2.12. The van der Waals surface area contributed by atoms with Gasteiger partial charge in [0.15, 0.2) is 7.83 Å². The minimum Gasteiger partial charge on any atom is -0.400 e. The molecule has 16 heavy (non-hydrogen) atoms. The molecule has 5 nitrogen and oxygen atoms in total. The van der Waals surface area contributed by atoms with Crippen LogP contribution in [0, 0.1) is 0 Å². The summed E-state index contributed by atoms with van der Waals surface area (Å²) in [5.41, 5.74) is 0. The first kappa shape index (κ1) is 14.5. The molecule has 0 radical (unpaired) electrons. The molecule has 8 heteroatoms. The van der Waals surface area contributed by atoms with Gasteiger partial charge in [0.1, 0.15) is 8.55 Å². The number of methoxy groups -OCH3 is 2. The van der Waals surface area contributed by atoms with Gasteiger partial charge in [-0.3, -0.25) is 0 Å². The molecule has 0 N–H and O–H groups in total. The lowest BCUT2D eigenvalue weighted by atomic mass is 10.6. The first-order valence-corrected chi connectivity index (χ1v) is 14.9. The van der Waals surface area contributed by atoms with E-state index in [0.29, 0.717) is 6.04 Å². The van der Waals surface area contributed by atoms with E-state index in [-0.39, 0.29) is 0 Å². The molecule has 1 aliphatic heterocycles. The third-order valence-electron chi connectivity index (χ3n) is 2.98. The highest BCUT2D eigenvalue weighted by atomic mass is 29.6. The fourth-order valence-corrected chi connectivity index (χ4v) is 29.7. The van der Waals surface area contributed by atoms with Crippen molar-refractivity contribution in [2.24, 2.45) is 0 Å². The van der Waals surface area contributed by atoms with Crippen molar-refractivity contribution in [3.05, 3.63) is 0 Å². The van der Waals surface area contributed by atoms with E-state index in [4.69, 9.17) is 22.8 Å². The highest BCUT2D eigenvalue weighted by Crippen LogP contribution is 2.35. The highest BCUT2D eigenvalue weighted by Gasteiger charge is 2.58. The molecule has 1 saturated heterocycles. The molecule has 1 aliphatic rings. The molecule has 1 heterocycles. The summed E-state index contributed by atoms with van der Waals surface area (Å²) in [5, 5.41) is 0. The van der Waals surface area contributed by atoms with Gasteiger partial charge in [0.2, 0.25) is 0 Å². The van der Waals surface area contributed by atoms with E-state index in [1.165, 1.54) is 0 Å². The SMILES string of the molecule is COC1(OC)C[Si](OC)(OC)[SiH2][Si](C)(C)O1. The molecule has 0 bridgehead atoms. The molecular weight excluding hydrogens is 260 g/mol. The standard InChI is InChI=1S/C8H22O5Si3/c1-9-8(10-2)7-16(11-3,12-4)14-15(5,6)13-8/h7,14H2,1-6H3. The zero-order valence-electron chi connectivity index (χ0n) is 11.0. The van der Waals surface area contributed by atoms with Gasteiger partial charge in [-0.1, -0.05) is 0 Å². The summed E-state index contributed by atoms with van der Waals surface area (Å²) >= 11 is 0. The Morgan fingerprint density at radius 2 is 1.56 bits per heavy atom. The predicted octanol–water partition coefficient (Wildman–Crippen LogP) is 0.0655. The molecule has 0 aromatic heterocycles. The van der Waals surface area contributed by atoms with Crippen molar-refractivity contribution < 1.29 is 22.8 Å². The van der Waals surface area contributed by atoms with Crippen molar-refractivity contribution in [1.29, 1.82) is 0 Å². The van der Waals surface area contributed by atoms with E-state index in [1.807, 2.05) is 0 Å². The Kier molecular flexibility index (Phi) is 4.52. The van der Waals surface area contributed by atoms with Crippen molar-refractivity contribution in [3.8, 4) is 0 Å². The molecule has 1 fully saturated rings. The number of rotatable bonds is 4. The molecule has 0 aliphatic carbocycles. The summed E-state index contributed by atoms with van der Waals surface area (Å²) in [5.74, 6) is -0.959. The second-order valence-electron chi connectivity index (χ2n) is 4.63. The molecule has 0 unspecified atom stereocenters. The second kappa shape index (κ2) is 4.98. The van der Waals surface area contributed by atoms with Crippen molar-refractivity contribution in [3.63, 3.8) is 0 Å². The largest absolute Gasteiger partial charge is 0.400 e. The van der Waals surface area contributed by atoms with Crippen LogP contribution in [0.15, 0.2) is 0 Å². The Labute approximate surface area is 101 Å². The molecule has 1 rings (SSSR count). The maximum absolute atomic E-state index is 6.05. The lowest BCUT2D eigenvalue weighted by Crippen LogP contribution is -2.70. The Hall–Kier alpha value is 0.451. The summed E-state index contributed by atoms with van der Waals surface area (Å²) in [6.07, 6.45) is 0. The Morgan fingerprint density at radius 1 is 1.06 bits per heavy atom. The number of ether oxygens (including phenoxy) is 2. The Bertz CT molecular complexity index is 218. The maximum Gasteiger partial charge on any atom is 0.316 e. The summed E-state index contributed by atoms with van der Waals surface area (Å²) in [7, 11) is 2.31. The fourth-order valence-electron chi connectivity index (χ4n) is 2.22. The van der Waals surface area contributed by atoms with E-state index >= 15 is 0 Å². The molecule has 0 amide bonds. The van der Waals surface area contributed by atoms with Gasteiger partial charge in [0.05, 0.1) is 6.04 Å². The first-order chi connectivity index (χ1) is 7.36. The second-order valence-corrected chi connectivity index (χ2v) is 24.3. The van der Waals surface area contributed by atoms with Crippen LogP contribution >= 0.6 is 0 Å². The molecule has 0 aromatic carbocycles. The van der Waals surface area contributed by atoms with Crippen LogP contribution in [0.1, 0.15) is 0 Å². The van der Waals surface area contributed by atoms with Crippen molar-refractivity contribution in [1.82, 2.24) is 0 Å². The Morgan fingerprint density at radius 3 is 1.94 bits per heavy atom. The van der Waals surface area contributed by atoms with Crippen LogP contribution in [0.3, 0.4) is 0 Å². The van der Waals surface area contributed by atoms with Gasteiger partial charge < -0.3 is 22.8 Å². The van der Waals surface area contributed by atoms with Crippen molar-refractivity contribution in [2.45, 2.75) is 25.1 Å². The summed E-state index contributed by atoms with van der Waals surface area (Å²) < 4.78 is 28.3. The quantitative estimate of drug-likeness (QED) is 0.539. The number of hydrogen-bond donors (Lipinski definition) is 0. The summed E-state index contributed by atoms with van der Waals surface area (Å²) in [6.45, 7) is 4.37. The highest BCUT2D eigenvalue weighted by molar-refractivity contribution is 7.48. The lowest BCUT2D eigenvalue weighted by Gasteiger charge is -2.48. The van der Waals surface area contributed by atoms with Gasteiger partial charge in [-0.25, -0.2) is 0 Å². The zero-order valence-corrected chi connectivity index (χ0v) is 14.4. The lowest BCUT2D eigenvalue weighted by molar-refractivity contribution is -0.316. The van der Waals surface area contributed by atoms with Crippen molar-refractivity contribution >= 4 is 24.5 Å². The molecule has 0 aromatic rings. The van der Waals surface area contributed by atoms with Gasteiger partial charge in [-0.05, 0) is 13.1 Å². The van der Waals surface area contributed by atoms with E-state index in [2.05, 4.69) is 13.1 Å². The van der Waals surface area contributed by atoms with Crippen LogP contribution in [-0.4, -0.2) is 58.9 Å². The molecule has 0 saturated carbocycles. The predicted molar refractivity (Wildman–Crippen MR) is 68.4 cm³/mol. The normalized spacial score (nSPS) is 28.1. The van der Waals surface area contributed by atoms with E-state index in [9.17, 15) is 0 Å². The van der Waals surface area contributed by atoms with Crippen LogP contribution in [-0.2, 0) is 22.8 Å². The smallest absolute Gasteiger partial charge is 0.316 e. The first-order valence-electron chi connectivity index (χ1n) is 5.27. The van der Waals surface area contributed by atoms with Gasteiger partial charge in [-0.15, -0.1) is 0 Å². The minimum absolute atomic E-state index is 0.493. The average molecular weight is 283 g/mol. The van der Waals surface area contributed by atoms with Gasteiger partial charge in [0.25, 0.3) is 5.97 Å². The zero-order chi connectivity index (χ0) is 12.4. The summed E-state index contributed by atoms with van der Waals surface area (Å²) in [6, 6.07) is 0.600. The topological polar surface area (TPSA) is 46.2 Å². The van der Waals surface area contributed by atoms with E-state index < -0.39 is 30.4 Å². The van der Waals surface area contributed by atoms with Gasteiger partial charge in [0, 0.05) is 28.4 Å². The van der Waals surface area contributed by atoms with Crippen molar-refractivity contribution in [2.75, 3.05) is 28.4 Å². The monoisotopic (exact) mass is 282 g/mol. The summed E-state index contributed by atoms with van der Waals surface area (Å²) in [4.78, 5) is 0. The van der Waals surface area contributed by atoms with Crippen LogP contribution in [0.4, 0.5) is 0 Å². The third-order valence-corrected chi connectivity index (χ3v) is 27.3. The average Bonchev–Trinajstić information content (AvgIpc) is 2.26.